The molecule has 4 nitrogen and oxygen atoms in total. The van der Waals surface area contributed by atoms with Gasteiger partial charge in [-0.2, -0.15) is 0 Å². The largest absolute Gasteiger partial charge is 0.465 e. The lowest BCUT2D eigenvalue weighted by Gasteiger charge is -2.10. The van der Waals surface area contributed by atoms with Crippen molar-refractivity contribution in [2.75, 3.05) is 0 Å². The first-order valence-electron chi connectivity index (χ1n) is 3.60. The smallest absolute Gasteiger partial charge is 0.290 e. The Morgan fingerprint density at radius 3 is 2.62 bits per heavy atom. The van der Waals surface area contributed by atoms with Gasteiger partial charge in [-0.25, -0.2) is 5.84 Å². The average molecular weight is 201 g/mol. The van der Waals surface area contributed by atoms with Crippen molar-refractivity contribution in [3.63, 3.8) is 0 Å². The van der Waals surface area contributed by atoms with E-state index in [0.29, 0.717) is 5.75 Å². The van der Waals surface area contributed by atoms with Gasteiger partial charge in [0, 0.05) is 0 Å². The number of halogens is 1. The van der Waals surface area contributed by atoms with Gasteiger partial charge in [0.25, 0.3) is 11.5 Å². The Labute approximate surface area is 80.6 Å². The molecule has 1 aromatic rings. The van der Waals surface area contributed by atoms with Crippen molar-refractivity contribution in [2.45, 2.75) is 5.56 Å². The molecule has 1 amide bonds. The summed E-state index contributed by atoms with van der Waals surface area (Å²) in [5.74, 6) is 4.80. The molecule has 5 heteroatoms. The molecule has 0 radical (unpaired) electrons. The number of alkyl halides is 1. The van der Waals surface area contributed by atoms with E-state index in [-0.39, 0.29) is 0 Å². The summed E-state index contributed by atoms with van der Waals surface area (Å²) >= 11 is 5.55. The number of ether oxygens (including phenoxy) is 1. The van der Waals surface area contributed by atoms with Gasteiger partial charge >= 0.3 is 0 Å². The maximum absolute atomic E-state index is 10.8. The minimum Gasteiger partial charge on any atom is -0.465 e. The molecule has 1 rings (SSSR count). The fourth-order valence-electron chi connectivity index (χ4n) is 0.738. The Morgan fingerprint density at radius 2 is 2.08 bits per heavy atom. The van der Waals surface area contributed by atoms with E-state index in [1.165, 1.54) is 0 Å². The van der Waals surface area contributed by atoms with Crippen LogP contribution in [0.3, 0.4) is 0 Å². The first-order chi connectivity index (χ1) is 6.24. The zero-order valence-electron chi connectivity index (χ0n) is 6.74. The number of nitrogens with one attached hydrogen (secondary N) is 1. The lowest BCUT2D eigenvalue weighted by Crippen LogP contribution is -2.39. The van der Waals surface area contributed by atoms with Crippen LogP contribution in [0.15, 0.2) is 30.3 Å². The Hall–Kier alpha value is -1.26. The van der Waals surface area contributed by atoms with Gasteiger partial charge in [0.1, 0.15) is 5.75 Å². The van der Waals surface area contributed by atoms with Crippen molar-refractivity contribution in [2.24, 2.45) is 5.84 Å². The highest BCUT2D eigenvalue weighted by molar-refractivity contribution is 6.29. The van der Waals surface area contributed by atoms with Gasteiger partial charge in [0.2, 0.25) is 0 Å². The lowest BCUT2D eigenvalue weighted by molar-refractivity contribution is -0.124. The highest BCUT2D eigenvalue weighted by Crippen LogP contribution is 2.12. The van der Waals surface area contributed by atoms with Gasteiger partial charge in [0.15, 0.2) is 0 Å². The quantitative estimate of drug-likeness (QED) is 0.325. The molecule has 1 aromatic carbocycles. The Bertz CT molecular complexity index is 279. The molecule has 0 aliphatic heterocycles. The third-order valence-corrected chi connectivity index (χ3v) is 1.62. The van der Waals surface area contributed by atoms with Gasteiger partial charge in [0.05, 0.1) is 0 Å². The zero-order valence-corrected chi connectivity index (χ0v) is 7.49. The fourth-order valence-corrected chi connectivity index (χ4v) is 0.903. The molecule has 0 saturated carbocycles. The van der Waals surface area contributed by atoms with Gasteiger partial charge in [-0.3, -0.25) is 10.2 Å². The van der Waals surface area contributed by atoms with E-state index in [0.717, 1.165) is 0 Å². The highest BCUT2D eigenvalue weighted by atomic mass is 35.5. The van der Waals surface area contributed by atoms with E-state index in [2.05, 4.69) is 0 Å². The molecule has 1 atom stereocenters. The number of benzene rings is 1. The van der Waals surface area contributed by atoms with Crippen LogP contribution in [0.5, 0.6) is 5.75 Å². The average Bonchev–Trinajstić information content (AvgIpc) is 2.18. The van der Waals surface area contributed by atoms with Crippen molar-refractivity contribution in [1.82, 2.24) is 5.43 Å². The molecule has 0 aromatic heterocycles. The molecular formula is C8H9ClN2O2. The number of hydrogen-bond acceptors (Lipinski definition) is 3. The van der Waals surface area contributed by atoms with Crippen molar-refractivity contribution in [3.8, 4) is 5.75 Å². The number of amides is 1. The van der Waals surface area contributed by atoms with Gasteiger partial charge in [-0.15, -0.1) is 0 Å². The van der Waals surface area contributed by atoms with Gasteiger partial charge in [-0.05, 0) is 12.1 Å². The number of hydrogen-bond donors (Lipinski definition) is 2. The summed E-state index contributed by atoms with van der Waals surface area (Å²) in [6, 6.07) is 8.77. The van der Waals surface area contributed by atoms with Gasteiger partial charge < -0.3 is 4.74 Å². The van der Waals surface area contributed by atoms with Crippen LogP contribution in [0.25, 0.3) is 0 Å². The highest BCUT2D eigenvalue weighted by Gasteiger charge is 2.14. The fraction of sp³-hybridized carbons (Fsp3) is 0.125. The maximum atomic E-state index is 10.8. The van der Waals surface area contributed by atoms with E-state index < -0.39 is 11.5 Å². The minimum atomic E-state index is -1.10. The molecule has 0 aliphatic carbocycles. The Kier molecular flexibility index (Phi) is 3.54. The van der Waals surface area contributed by atoms with E-state index in [4.69, 9.17) is 22.2 Å². The second kappa shape index (κ2) is 4.69. The molecule has 3 N–H and O–H groups in total. The second-order valence-corrected chi connectivity index (χ2v) is 2.65. The van der Waals surface area contributed by atoms with Crippen molar-refractivity contribution < 1.29 is 9.53 Å². The molecule has 0 fully saturated rings. The van der Waals surface area contributed by atoms with Crippen molar-refractivity contribution in [1.29, 1.82) is 0 Å². The maximum Gasteiger partial charge on any atom is 0.290 e. The second-order valence-electron chi connectivity index (χ2n) is 2.26. The summed E-state index contributed by atoms with van der Waals surface area (Å²) in [5.41, 5.74) is 0.785. The standard InChI is InChI=1S/C8H9ClN2O2/c9-7(8(12)11-10)13-6-4-2-1-3-5-6/h1-5,7H,10H2,(H,11,12). The van der Waals surface area contributed by atoms with E-state index in [1.54, 1.807) is 24.3 Å². The van der Waals surface area contributed by atoms with Crippen LogP contribution in [0.4, 0.5) is 0 Å². The Morgan fingerprint density at radius 1 is 1.46 bits per heavy atom. The third-order valence-electron chi connectivity index (χ3n) is 1.33. The van der Waals surface area contributed by atoms with Crippen LogP contribution in [-0.2, 0) is 4.79 Å². The number of nitrogens with two attached hydrogens (primary N) is 1. The number of carbonyl (C=O) groups is 1. The third kappa shape index (κ3) is 2.93. The monoisotopic (exact) mass is 200 g/mol. The first-order valence-corrected chi connectivity index (χ1v) is 4.04. The van der Waals surface area contributed by atoms with Crippen LogP contribution in [0, 0.1) is 0 Å². The SMILES string of the molecule is NNC(=O)C(Cl)Oc1ccccc1. The summed E-state index contributed by atoms with van der Waals surface area (Å²) in [6.07, 6.45) is 0. The van der Waals surface area contributed by atoms with Crippen LogP contribution in [-0.4, -0.2) is 11.5 Å². The molecule has 0 bridgehead atoms. The summed E-state index contributed by atoms with van der Waals surface area (Å²) in [6.45, 7) is 0. The minimum absolute atomic E-state index is 0.520. The van der Waals surface area contributed by atoms with Crippen LogP contribution >= 0.6 is 11.6 Å². The predicted molar refractivity (Wildman–Crippen MR) is 49.0 cm³/mol. The molecule has 13 heavy (non-hydrogen) atoms. The van der Waals surface area contributed by atoms with Crippen molar-refractivity contribution >= 4 is 17.5 Å². The molecule has 1 unspecified atom stereocenters. The summed E-state index contributed by atoms with van der Waals surface area (Å²) in [4.78, 5) is 10.8. The number of hydrazine groups is 1. The molecule has 0 spiro atoms. The summed E-state index contributed by atoms with van der Waals surface area (Å²) in [5, 5.41) is 0. The summed E-state index contributed by atoms with van der Waals surface area (Å²) in [7, 11) is 0. The number of carbonyl (C=O) groups excluding carboxylic acids is 1. The number of rotatable bonds is 3. The molecule has 0 aliphatic rings. The Balaban J connectivity index is 2.55. The van der Waals surface area contributed by atoms with Crippen LogP contribution in [0.2, 0.25) is 0 Å². The lowest BCUT2D eigenvalue weighted by atomic mass is 10.3. The van der Waals surface area contributed by atoms with Crippen molar-refractivity contribution in [3.05, 3.63) is 30.3 Å². The van der Waals surface area contributed by atoms with Crippen LogP contribution < -0.4 is 16.0 Å². The van der Waals surface area contributed by atoms with Crippen LogP contribution in [0.1, 0.15) is 0 Å². The van der Waals surface area contributed by atoms with Gasteiger partial charge in [-0.1, -0.05) is 29.8 Å². The predicted octanol–water partition coefficient (Wildman–Crippen LogP) is 0.620. The van der Waals surface area contributed by atoms with E-state index in [1.807, 2.05) is 11.5 Å². The molecule has 0 saturated heterocycles. The molecular weight excluding hydrogens is 192 g/mol. The first kappa shape index (κ1) is 9.83. The van der Waals surface area contributed by atoms with E-state index >= 15 is 0 Å². The topological polar surface area (TPSA) is 64.3 Å². The zero-order chi connectivity index (χ0) is 9.68. The molecule has 70 valence electrons. The van der Waals surface area contributed by atoms with E-state index in [9.17, 15) is 4.79 Å². The number of para-hydroxylation sites is 1. The molecule has 0 heterocycles. The normalized spacial score (nSPS) is 11.8. The summed E-state index contributed by atoms with van der Waals surface area (Å²) < 4.78 is 5.04.